The summed E-state index contributed by atoms with van der Waals surface area (Å²) in [5.74, 6) is 0. The van der Waals surface area contributed by atoms with Gasteiger partial charge >= 0.3 is 6.03 Å². The van der Waals surface area contributed by atoms with Crippen LogP contribution >= 0.6 is 0 Å². The standard InChI is InChI=1S/C10H19N3O/c11-6-10(4-1-5-10)7-12-9(14)13-8-2-3-8/h8H,1-7,11H2,(H2,12,13,14). The number of carbonyl (C=O) groups excluding carboxylic acids is 1. The number of hydrogen-bond donors (Lipinski definition) is 3. The first-order valence-electron chi connectivity index (χ1n) is 5.49. The molecule has 0 aromatic carbocycles. The number of amides is 2. The highest BCUT2D eigenvalue weighted by atomic mass is 16.2. The number of carbonyl (C=O) groups is 1. The molecule has 0 spiro atoms. The summed E-state index contributed by atoms with van der Waals surface area (Å²) in [6.45, 7) is 1.43. The van der Waals surface area contributed by atoms with Gasteiger partial charge in [-0.1, -0.05) is 6.42 Å². The van der Waals surface area contributed by atoms with Gasteiger partial charge in [0.25, 0.3) is 0 Å². The predicted molar refractivity (Wildman–Crippen MR) is 54.9 cm³/mol. The second-order valence-electron chi connectivity index (χ2n) is 4.66. The summed E-state index contributed by atoms with van der Waals surface area (Å²) in [6, 6.07) is 0.414. The molecule has 0 aromatic heterocycles. The van der Waals surface area contributed by atoms with Crippen molar-refractivity contribution in [2.45, 2.75) is 38.1 Å². The van der Waals surface area contributed by atoms with Crippen LogP contribution in [0.4, 0.5) is 4.79 Å². The van der Waals surface area contributed by atoms with E-state index in [1.807, 2.05) is 0 Å². The summed E-state index contributed by atoms with van der Waals surface area (Å²) < 4.78 is 0. The maximum Gasteiger partial charge on any atom is 0.315 e. The first kappa shape index (κ1) is 9.77. The zero-order valence-corrected chi connectivity index (χ0v) is 8.51. The topological polar surface area (TPSA) is 67.1 Å². The third kappa shape index (κ3) is 2.18. The van der Waals surface area contributed by atoms with Crippen LogP contribution in [0.15, 0.2) is 0 Å². The van der Waals surface area contributed by atoms with Crippen LogP contribution in [0.25, 0.3) is 0 Å². The molecule has 0 saturated heterocycles. The number of nitrogens with two attached hydrogens (primary N) is 1. The normalized spacial score (nSPS) is 23.8. The molecule has 2 saturated carbocycles. The van der Waals surface area contributed by atoms with E-state index >= 15 is 0 Å². The van der Waals surface area contributed by atoms with E-state index in [1.165, 1.54) is 6.42 Å². The number of hydrogen-bond acceptors (Lipinski definition) is 2. The van der Waals surface area contributed by atoms with Gasteiger partial charge in [-0.05, 0) is 32.2 Å². The lowest BCUT2D eigenvalue weighted by Crippen LogP contribution is -2.49. The SMILES string of the molecule is NCC1(CNC(=O)NC2CC2)CCC1. The Hall–Kier alpha value is -0.770. The molecule has 2 aliphatic rings. The summed E-state index contributed by atoms with van der Waals surface area (Å²) in [7, 11) is 0. The second-order valence-corrected chi connectivity index (χ2v) is 4.66. The summed E-state index contributed by atoms with van der Waals surface area (Å²) in [5.41, 5.74) is 5.91. The first-order chi connectivity index (χ1) is 6.74. The Bertz CT molecular complexity index is 216. The van der Waals surface area contributed by atoms with Crippen LogP contribution in [0, 0.1) is 5.41 Å². The van der Waals surface area contributed by atoms with Crippen LogP contribution in [0.5, 0.6) is 0 Å². The molecule has 2 rings (SSSR count). The first-order valence-corrected chi connectivity index (χ1v) is 5.49. The van der Waals surface area contributed by atoms with E-state index in [9.17, 15) is 4.79 Å². The molecular weight excluding hydrogens is 178 g/mol. The van der Waals surface area contributed by atoms with Crippen molar-refractivity contribution in [3.63, 3.8) is 0 Å². The highest BCUT2D eigenvalue weighted by Gasteiger charge is 2.36. The molecular formula is C10H19N3O. The van der Waals surface area contributed by atoms with Crippen molar-refractivity contribution in [3.8, 4) is 0 Å². The fourth-order valence-corrected chi connectivity index (χ4v) is 1.86. The fourth-order valence-electron chi connectivity index (χ4n) is 1.86. The van der Waals surface area contributed by atoms with Crippen molar-refractivity contribution in [3.05, 3.63) is 0 Å². The summed E-state index contributed by atoms with van der Waals surface area (Å²) in [5, 5.41) is 5.83. The lowest BCUT2D eigenvalue weighted by molar-refractivity contribution is 0.142. The van der Waals surface area contributed by atoms with Crippen LogP contribution in [0.3, 0.4) is 0 Å². The highest BCUT2D eigenvalue weighted by Crippen LogP contribution is 2.39. The molecule has 2 fully saturated rings. The molecule has 0 unspecified atom stereocenters. The molecule has 14 heavy (non-hydrogen) atoms. The van der Waals surface area contributed by atoms with Crippen LogP contribution in [-0.4, -0.2) is 25.2 Å². The van der Waals surface area contributed by atoms with Gasteiger partial charge in [-0.25, -0.2) is 4.79 Å². The van der Waals surface area contributed by atoms with Gasteiger partial charge in [0.2, 0.25) is 0 Å². The monoisotopic (exact) mass is 197 g/mol. The van der Waals surface area contributed by atoms with Crippen LogP contribution in [-0.2, 0) is 0 Å². The molecule has 0 radical (unpaired) electrons. The van der Waals surface area contributed by atoms with E-state index in [4.69, 9.17) is 5.73 Å². The molecule has 2 amide bonds. The van der Waals surface area contributed by atoms with Gasteiger partial charge in [0.15, 0.2) is 0 Å². The van der Waals surface area contributed by atoms with Gasteiger partial charge in [0.05, 0.1) is 0 Å². The van der Waals surface area contributed by atoms with E-state index in [0.717, 1.165) is 32.2 Å². The Morgan fingerprint density at radius 2 is 2.14 bits per heavy atom. The quantitative estimate of drug-likeness (QED) is 0.617. The van der Waals surface area contributed by atoms with Gasteiger partial charge in [0, 0.05) is 18.0 Å². The summed E-state index contributed by atoms with van der Waals surface area (Å²) >= 11 is 0. The third-order valence-electron chi connectivity index (χ3n) is 3.38. The lowest BCUT2D eigenvalue weighted by atomic mass is 9.69. The Balaban J connectivity index is 1.67. The molecule has 0 atom stereocenters. The fraction of sp³-hybridized carbons (Fsp3) is 0.900. The summed E-state index contributed by atoms with van der Waals surface area (Å²) in [4.78, 5) is 11.3. The Labute approximate surface area is 84.6 Å². The molecule has 4 N–H and O–H groups in total. The number of urea groups is 1. The van der Waals surface area contributed by atoms with Gasteiger partial charge in [-0.2, -0.15) is 0 Å². The Morgan fingerprint density at radius 1 is 1.43 bits per heavy atom. The zero-order chi connectivity index (χ0) is 10.0. The van der Waals surface area contributed by atoms with Crippen LogP contribution in [0.2, 0.25) is 0 Å². The Morgan fingerprint density at radius 3 is 2.57 bits per heavy atom. The predicted octanol–water partition coefficient (Wildman–Crippen LogP) is 0.577. The van der Waals surface area contributed by atoms with Gasteiger partial charge in [0.1, 0.15) is 0 Å². The van der Waals surface area contributed by atoms with E-state index in [-0.39, 0.29) is 11.4 Å². The number of nitrogens with one attached hydrogen (secondary N) is 2. The van der Waals surface area contributed by atoms with E-state index < -0.39 is 0 Å². The van der Waals surface area contributed by atoms with Crippen LogP contribution in [0.1, 0.15) is 32.1 Å². The molecule has 0 bridgehead atoms. The minimum Gasteiger partial charge on any atom is -0.338 e. The van der Waals surface area contributed by atoms with E-state index in [0.29, 0.717) is 12.6 Å². The second kappa shape index (κ2) is 3.77. The molecule has 4 heteroatoms. The Kier molecular flexibility index (Phi) is 2.63. The maximum atomic E-state index is 11.3. The van der Waals surface area contributed by atoms with Crippen molar-refractivity contribution >= 4 is 6.03 Å². The van der Waals surface area contributed by atoms with Crippen molar-refractivity contribution in [2.24, 2.45) is 11.1 Å². The molecule has 0 aliphatic heterocycles. The van der Waals surface area contributed by atoms with E-state index in [2.05, 4.69) is 10.6 Å². The molecule has 4 nitrogen and oxygen atoms in total. The molecule has 80 valence electrons. The summed E-state index contributed by atoms with van der Waals surface area (Å²) in [6.07, 6.45) is 5.84. The highest BCUT2D eigenvalue weighted by molar-refractivity contribution is 5.74. The minimum atomic E-state index is -0.0211. The van der Waals surface area contributed by atoms with Crippen LogP contribution < -0.4 is 16.4 Å². The molecule has 2 aliphatic carbocycles. The minimum absolute atomic E-state index is 0.0211. The lowest BCUT2D eigenvalue weighted by Gasteiger charge is -2.40. The molecule has 0 aromatic rings. The largest absolute Gasteiger partial charge is 0.338 e. The molecule has 0 heterocycles. The third-order valence-corrected chi connectivity index (χ3v) is 3.38. The average Bonchev–Trinajstić information content (AvgIpc) is 2.87. The van der Waals surface area contributed by atoms with Gasteiger partial charge in [-0.3, -0.25) is 0 Å². The number of rotatable bonds is 4. The maximum absolute atomic E-state index is 11.3. The van der Waals surface area contributed by atoms with Crippen molar-refractivity contribution < 1.29 is 4.79 Å². The van der Waals surface area contributed by atoms with Crippen molar-refractivity contribution in [2.75, 3.05) is 13.1 Å². The van der Waals surface area contributed by atoms with Gasteiger partial charge in [-0.15, -0.1) is 0 Å². The smallest absolute Gasteiger partial charge is 0.315 e. The zero-order valence-electron chi connectivity index (χ0n) is 8.51. The van der Waals surface area contributed by atoms with Crippen molar-refractivity contribution in [1.82, 2.24) is 10.6 Å². The van der Waals surface area contributed by atoms with E-state index in [1.54, 1.807) is 0 Å². The van der Waals surface area contributed by atoms with Crippen molar-refractivity contribution in [1.29, 1.82) is 0 Å². The average molecular weight is 197 g/mol. The van der Waals surface area contributed by atoms with Gasteiger partial charge < -0.3 is 16.4 Å².